The van der Waals surface area contributed by atoms with Crippen molar-refractivity contribution in [3.8, 4) is 0 Å². The zero-order valence-corrected chi connectivity index (χ0v) is 11.9. The Kier molecular flexibility index (Phi) is 3.64. The lowest BCUT2D eigenvalue weighted by Gasteiger charge is -2.20. The summed E-state index contributed by atoms with van der Waals surface area (Å²) in [5.41, 5.74) is 5.31. The second kappa shape index (κ2) is 4.93. The molecule has 1 fully saturated rings. The second-order valence-electron chi connectivity index (χ2n) is 4.86. The topological polar surface area (TPSA) is 105 Å². The molecule has 0 radical (unpaired) electrons. The van der Waals surface area contributed by atoms with Gasteiger partial charge in [-0.15, -0.1) is 0 Å². The van der Waals surface area contributed by atoms with E-state index in [0.717, 1.165) is 12.8 Å². The molecule has 1 aromatic rings. The van der Waals surface area contributed by atoms with Gasteiger partial charge in [0.05, 0.1) is 5.84 Å². The third kappa shape index (κ3) is 2.95. The minimum Gasteiger partial charge on any atom is -0.388 e. The van der Waals surface area contributed by atoms with Gasteiger partial charge in [-0.1, -0.05) is 0 Å². The van der Waals surface area contributed by atoms with Crippen molar-refractivity contribution in [2.45, 2.75) is 37.3 Å². The van der Waals surface area contributed by atoms with E-state index < -0.39 is 10.0 Å². The number of hydrogen-bond donors (Lipinski definition) is 2. The van der Waals surface area contributed by atoms with Crippen LogP contribution in [0.25, 0.3) is 0 Å². The van der Waals surface area contributed by atoms with Gasteiger partial charge in [0, 0.05) is 32.3 Å². The van der Waals surface area contributed by atoms with Gasteiger partial charge < -0.3 is 10.3 Å². The van der Waals surface area contributed by atoms with Gasteiger partial charge in [0.25, 0.3) is 10.0 Å². The molecule has 0 amide bonds. The molecule has 106 valence electrons. The molecular weight excluding hydrogens is 266 g/mol. The monoisotopic (exact) mass is 285 g/mol. The van der Waals surface area contributed by atoms with Crippen LogP contribution in [-0.2, 0) is 17.1 Å². The average molecular weight is 285 g/mol. The first-order chi connectivity index (χ1) is 8.82. The van der Waals surface area contributed by atoms with Crippen molar-refractivity contribution in [3.63, 3.8) is 0 Å². The number of rotatable bonds is 6. The standard InChI is InChI=1S/C11H19N5O2S/c1-8-14-11(7-15(8)2)19(17,18)16(9-3-4-9)6-5-10(12)13/h7,9H,3-6H2,1-2H3,(H3,12,13). The summed E-state index contributed by atoms with van der Waals surface area (Å²) in [6, 6.07) is 0.0339. The molecule has 1 heterocycles. The number of imidazole rings is 1. The first kappa shape index (κ1) is 14.0. The maximum absolute atomic E-state index is 12.5. The second-order valence-corrected chi connectivity index (χ2v) is 6.70. The van der Waals surface area contributed by atoms with Gasteiger partial charge in [-0.2, -0.15) is 4.31 Å². The van der Waals surface area contributed by atoms with E-state index in [9.17, 15) is 8.42 Å². The van der Waals surface area contributed by atoms with E-state index in [0.29, 0.717) is 5.82 Å². The Hall–Kier alpha value is -1.41. The molecule has 2 rings (SSSR count). The number of hydrogen-bond acceptors (Lipinski definition) is 4. The Balaban J connectivity index is 2.26. The Bertz CT molecular complexity index is 569. The average Bonchev–Trinajstić information content (AvgIpc) is 3.06. The lowest BCUT2D eigenvalue weighted by molar-refractivity contribution is 0.410. The summed E-state index contributed by atoms with van der Waals surface area (Å²) >= 11 is 0. The van der Waals surface area contributed by atoms with E-state index in [-0.39, 0.29) is 29.9 Å². The van der Waals surface area contributed by atoms with Gasteiger partial charge in [-0.3, -0.25) is 5.41 Å². The zero-order valence-electron chi connectivity index (χ0n) is 11.1. The molecule has 0 spiro atoms. The van der Waals surface area contributed by atoms with Gasteiger partial charge in [0.15, 0.2) is 5.03 Å². The van der Waals surface area contributed by atoms with Crippen LogP contribution < -0.4 is 5.73 Å². The van der Waals surface area contributed by atoms with Crippen molar-refractivity contribution >= 4 is 15.9 Å². The Morgan fingerprint density at radius 1 is 1.63 bits per heavy atom. The first-order valence-electron chi connectivity index (χ1n) is 6.17. The van der Waals surface area contributed by atoms with Crippen LogP contribution >= 0.6 is 0 Å². The molecule has 19 heavy (non-hydrogen) atoms. The smallest absolute Gasteiger partial charge is 0.262 e. The van der Waals surface area contributed by atoms with Gasteiger partial charge in [-0.05, 0) is 19.8 Å². The summed E-state index contributed by atoms with van der Waals surface area (Å²) in [4.78, 5) is 4.09. The molecule has 0 saturated heterocycles. The fourth-order valence-corrected chi connectivity index (χ4v) is 3.58. The summed E-state index contributed by atoms with van der Waals surface area (Å²) in [5.74, 6) is 0.652. The molecule has 7 nitrogen and oxygen atoms in total. The van der Waals surface area contributed by atoms with E-state index in [1.165, 1.54) is 10.5 Å². The number of sulfonamides is 1. The Labute approximate surface area is 113 Å². The number of amidine groups is 1. The maximum atomic E-state index is 12.5. The van der Waals surface area contributed by atoms with E-state index in [1.807, 2.05) is 0 Å². The largest absolute Gasteiger partial charge is 0.388 e. The van der Waals surface area contributed by atoms with Crippen molar-refractivity contribution in [1.29, 1.82) is 5.41 Å². The molecule has 0 atom stereocenters. The third-order valence-corrected chi connectivity index (χ3v) is 5.04. The Morgan fingerprint density at radius 2 is 2.26 bits per heavy atom. The third-order valence-electron chi connectivity index (χ3n) is 3.22. The zero-order chi connectivity index (χ0) is 14.2. The highest BCUT2D eigenvalue weighted by molar-refractivity contribution is 7.89. The van der Waals surface area contributed by atoms with Gasteiger partial charge in [0.1, 0.15) is 5.82 Å². The summed E-state index contributed by atoms with van der Waals surface area (Å²) < 4.78 is 28.2. The fraction of sp³-hybridized carbons (Fsp3) is 0.636. The molecule has 8 heteroatoms. The quantitative estimate of drug-likeness (QED) is 0.575. The van der Waals surface area contributed by atoms with Crippen molar-refractivity contribution in [3.05, 3.63) is 12.0 Å². The molecule has 0 aromatic carbocycles. The van der Waals surface area contributed by atoms with E-state index >= 15 is 0 Å². The molecule has 1 aromatic heterocycles. The number of nitrogens with zero attached hydrogens (tertiary/aromatic N) is 3. The van der Waals surface area contributed by atoms with E-state index in [1.54, 1.807) is 18.5 Å². The minimum atomic E-state index is -3.59. The summed E-state index contributed by atoms with van der Waals surface area (Å²) in [5, 5.41) is 7.31. The van der Waals surface area contributed by atoms with Crippen LogP contribution in [0.15, 0.2) is 11.2 Å². The molecule has 1 aliphatic carbocycles. The predicted octanol–water partition coefficient (Wildman–Crippen LogP) is 0.208. The lowest BCUT2D eigenvalue weighted by atomic mass is 10.4. The number of aryl methyl sites for hydroxylation is 2. The summed E-state index contributed by atoms with van der Waals surface area (Å²) in [7, 11) is -1.82. The van der Waals surface area contributed by atoms with Gasteiger partial charge in [0.2, 0.25) is 0 Å². The SMILES string of the molecule is Cc1nc(S(=O)(=O)N(CCC(=N)N)C2CC2)cn1C. The van der Waals surface area contributed by atoms with Gasteiger partial charge >= 0.3 is 0 Å². The maximum Gasteiger partial charge on any atom is 0.262 e. The van der Waals surface area contributed by atoms with Crippen molar-refractivity contribution in [2.75, 3.05) is 6.54 Å². The highest BCUT2D eigenvalue weighted by atomic mass is 32.2. The van der Waals surface area contributed by atoms with Crippen LogP contribution in [0, 0.1) is 12.3 Å². The number of nitrogens with two attached hydrogens (primary N) is 1. The summed E-state index contributed by atoms with van der Waals surface area (Å²) in [6.07, 6.45) is 3.50. The molecule has 1 aliphatic rings. The van der Waals surface area contributed by atoms with Crippen LogP contribution in [0.5, 0.6) is 0 Å². The minimum absolute atomic E-state index is 0.00180. The normalized spacial score (nSPS) is 15.9. The van der Waals surface area contributed by atoms with Crippen LogP contribution in [0.3, 0.4) is 0 Å². The molecular formula is C11H19N5O2S. The number of aromatic nitrogens is 2. The highest BCUT2D eigenvalue weighted by Gasteiger charge is 2.39. The van der Waals surface area contributed by atoms with Crippen molar-refractivity contribution in [1.82, 2.24) is 13.9 Å². The predicted molar refractivity (Wildman–Crippen MR) is 71.4 cm³/mol. The first-order valence-corrected chi connectivity index (χ1v) is 7.61. The van der Waals surface area contributed by atoms with Crippen LogP contribution in [-0.4, -0.2) is 40.7 Å². The van der Waals surface area contributed by atoms with Crippen LogP contribution in [0.2, 0.25) is 0 Å². The van der Waals surface area contributed by atoms with Crippen LogP contribution in [0.4, 0.5) is 0 Å². The van der Waals surface area contributed by atoms with E-state index in [2.05, 4.69) is 4.98 Å². The highest BCUT2D eigenvalue weighted by Crippen LogP contribution is 2.31. The fourth-order valence-electron chi connectivity index (χ4n) is 1.86. The molecule has 0 unspecified atom stereocenters. The number of nitrogens with one attached hydrogen (secondary N) is 1. The lowest BCUT2D eigenvalue weighted by Crippen LogP contribution is -2.36. The van der Waals surface area contributed by atoms with Crippen molar-refractivity contribution < 1.29 is 8.42 Å². The van der Waals surface area contributed by atoms with Crippen molar-refractivity contribution in [2.24, 2.45) is 12.8 Å². The molecule has 3 N–H and O–H groups in total. The van der Waals surface area contributed by atoms with Gasteiger partial charge in [-0.25, -0.2) is 13.4 Å². The molecule has 0 aliphatic heterocycles. The Morgan fingerprint density at radius 3 is 2.68 bits per heavy atom. The van der Waals surface area contributed by atoms with Crippen LogP contribution in [0.1, 0.15) is 25.1 Å². The summed E-state index contributed by atoms with van der Waals surface area (Å²) in [6.45, 7) is 2.01. The molecule has 1 saturated carbocycles. The van der Waals surface area contributed by atoms with E-state index in [4.69, 9.17) is 11.1 Å². The molecule has 0 bridgehead atoms.